The SMILES string of the molecule is CCNC(=O)CCSCc1nnnn1C. The summed E-state index contributed by atoms with van der Waals surface area (Å²) in [6.07, 6.45) is 0.545. The number of nitrogens with zero attached hydrogens (tertiary/aromatic N) is 4. The number of carbonyl (C=O) groups excluding carboxylic acids is 1. The Labute approximate surface area is 92.8 Å². The molecule has 1 rings (SSSR count). The van der Waals surface area contributed by atoms with Crippen LogP contribution in [0, 0.1) is 0 Å². The lowest BCUT2D eigenvalue weighted by molar-refractivity contribution is -0.120. The number of thioether (sulfide) groups is 1. The third-order valence-corrected chi connectivity index (χ3v) is 2.74. The van der Waals surface area contributed by atoms with Gasteiger partial charge in [-0.05, 0) is 17.4 Å². The Balaban J connectivity index is 2.12. The summed E-state index contributed by atoms with van der Waals surface area (Å²) in [6.45, 7) is 2.60. The highest BCUT2D eigenvalue weighted by molar-refractivity contribution is 7.98. The molecule has 0 fully saturated rings. The third kappa shape index (κ3) is 4.28. The lowest BCUT2D eigenvalue weighted by atomic mass is 10.4. The predicted octanol–water partition coefficient (Wildman–Crippen LogP) is -0.0305. The van der Waals surface area contributed by atoms with Gasteiger partial charge in [-0.3, -0.25) is 4.79 Å². The Morgan fingerprint density at radius 2 is 2.40 bits per heavy atom. The summed E-state index contributed by atoms with van der Waals surface area (Å²) in [6, 6.07) is 0. The molecule has 0 atom stereocenters. The number of aromatic nitrogens is 4. The number of hydrogen-bond acceptors (Lipinski definition) is 5. The van der Waals surface area contributed by atoms with Crippen molar-refractivity contribution in [2.45, 2.75) is 19.1 Å². The number of nitrogens with one attached hydrogen (secondary N) is 1. The first kappa shape index (κ1) is 12.0. The Kier molecular flexibility index (Phi) is 5.09. The van der Waals surface area contributed by atoms with Crippen LogP contribution in [-0.4, -0.2) is 38.4 Å². The third-order valence-electron chi connectivity index (χ3n) is 1.79. The smallest absolute Gasteiger partial charge is 0.220 e. The van der Waals surface area contributed by atoms with E-state index in [1.54, 1.807) is 23.5 Å². The number of carbonyl (C=O) groups is 1. The molecule has 15 heavy (non-hydrogen) atoms. The largest absolute Gasteiger partial charge is 0.356 e. The zero-order chi connectivity index (χ0) is 11.1. The standard InChI is InChI=1S/C8H15N5OS/c1-3-9-8(14)4-5-15-6-7-10-11-12-13(7)2/h3-6H2,1-2H3,(H,9,14). The van der Waals surface area contributed by atoms with E-state index >= 15 is 0 Å². The number of tetrazole rings is 1. The molecule has 1 aromatic heterocycles. The van der Waals surface area contributed by atoms with Crippen LogP contribution in [-0.2, 0) is 17.6 Å². The van der Waals surface area contributed by atoms with E-state index in [9.17, 15) is 4.79 Å². The molecule has 0 radical (unpaired) electrons. The zero-order valence-corrected chi connectivity index (χ0v) is 9.75. The molecule has 1 heterocycles. The van der Waals surface area contributed by atoms with Gasteiger partial charge in [-0.15, -0.1) is 5.10 Å². The van der Waals surface area contributed by atoms with Crippen LogP contribution in [0.25, 0.3) is 0 Å². The molecular formula is C8H15N5OS. The van der Waals surface area contributed by atoms with Gasteiger partial charge < -0.3 is 5.32 Å². The highest BCUT2D eigenvalue weighted by Crippen LogP contribution is 2.09. The summed E-state index contributed by atoms with van der Waals surface area (Å²) in [4.78, 5) is 11.1. The minimum absolute atomic E-state index is 0.0982. The van der Waals surface area contributed by atoms with Gasteiger partial charge in [0.15, 0.2) is 5.82 Å². The summed E-state index contributed by atoms with van der Waals surface area (Å²) in [5.41, 5.74) is 0. The van der Waals surface area contributed by atoms with E-state index in [1.165, 1.54) is 0 Å². The molecule has 0 unspecified atom stereocenters. The van der Waals surface area contributed by atoms with Crippen LogP contribution in [0.1, 0.15) is 19.2 Å². The molecule has 1 N–H and O–H groups in total. The minimum Gasteiger partial charge on any atom is -0.356 e. The van der Waals surface area contributed by atoms with E-state index in [2.05, 4.69) is 20.8 Å². The number of hydrogen-bond donors (Lipinski definition) is 1. The van der Waals surface area contributed by atoms with Gasteiger partial charge in [-0.25, -0.2) is 4.68 Å². The summed E-state index contributed by atoms with van der Waals surface area (Å²) in [5.74, 6) is 2.46. The van der Waals surface area contributed by atoms with Crippen LogP contribution >= 0.6 is 11.8 Å². The average molecular weight is 229 g/mol. The molecule has 0 saturated heterocycles. The molecule has 0 bridgehead atoms. The predicted molar refractivity (Wildman–Crippen MR) is 58.3 cm³/mol. The summed E-state index contributed by atoms with van der Waals surface area (Å²) in [7, 11) is 1.81. The molecule has 84 valence electrons. The van der Waals surface area contributed by atoms with Crippen molar-refractivity contribution in [2.24, 2.45) is 7.05 Å². The molecule has 0 saturated carbocycles. The van der Waals surface area contributed by atoms with Gasteiger partial charge in [-0.2, -0.15) is 11.8 Å². The number of aryl methyl sites for hydroxylation is 1. The van der Waals surface area contributed by atoms with Crippen LogP contribution in [0.15, 0.2) is 0 Å². The van der Waals surface area contributed by atoms with Crippen molar-refractivity contribution < 1.29 is 4.79 Å². The van der Waals surface area contributed by atoms with Crippen LogP contribution in [0.5, 0.6) is 0 Å². The fraction of sp³-hybridized carbons (Fsp3) is 0.750. The van der Waals surface area contributed by atoms with E-state index in [1.807, 2.05) is 6.92 Å². The zero-order valence-electron chi connectivity index (χ0n) is 8.93. The van der Waals surface area contributed by atoms with Crippen molar-refractivity contribution >= 4 is 17.7 Å². The molecule has 0 aromatic carbocycles. The summed E-state index contributed by atoms with van der Waals surface area (Å²) < 4.78 is 1.64. The quantitative estimate of drug-likeness (QED) is 0.693. The monoisotopic (exact) mass is 229 g/mol. The van der Waals surface area contributed by atoms with Gasteiger partial charge in [0, 0.05) is 25.8 Å². The Hall–Kier alpha value is -1.11. The molecule has 0 aliphatic rings. The van der Waals surface area contributed by atoms with Gasteiger partial charge in [0.05, 0.1) is 5.75 Å². The van der Waals surface area contributed by atoms with E-state index in [-0.39, 0.29) is 5.91 Å². The summed E-state index contributed by atoms with van der Waals surface area (Å²) in [5, 5.41) is 13.9. The second kappa shape index (κ2) is 6.39. The van der Waals surface area contributed by atoms with E-state index in [0.29, 0.717) is 13.0 Å². The fourth-order valence-corrected chi connectivity index (χ4v) is 1.89. The van der Waals surface area contributed by atoms with Crippen molar-refractivity contribution in [1.82, 2.24) is 25.5 Å². The van der Waals surface area contributed by atoms with Crippen molar-refractivity contribution in [3.63, 3.8) is 0 Å². The van der Waals surface area contributed by atoms with Crippen LogP contribution < -0.4 is 5.32 Å². The lowest BCUT2D eigenvalue weighted by Gasteiger charge is -2.01. The molecule has 6 nitrogen and oxygen atoms in total. The summed E-state index contributed by atoms with van der Waals surface area (Å²) >= 11 is 1.66. The van der Waals surface area contributed by atoms with Gasteiger partial charge in [-0.1, -0.05) is 0 Å². The first-order chi connectivity index (χ1) is 7.24. The van der Waals surface area contributed by atoms with Gasteiger partial charge in [0.1, 0.15) is 0 Å². The molecular weight excluding hydrogens is 214 g/mol. The second-order valence-corrected chi connectivity index (χ2v) is 4.08. The molecule has 0 spiro atoms. The number of rotatable bonds is 6. The Morgan fingerprint density at radius 3 is 3.00 bits per heavy atom. The topological polar surface area (TPSA) is 72.7 Å². The maximum atomic E-state index is 11.1. The van der Waals surface area contributed by atoms with Crippen molar-refractivity contribution in [3.05, 3.63) is 5.82 Å². The van der Waals surface area contributed by atoms with E-state index < -0.39 is 0 Å². The highest BCUT2D eigenvalue weighted by Gasteiger charge is 2.03. The van der Waals surface area contributed by atoms with Crippen LogP contribution in [0.3, 0.4) is 0 Å². The van der Waals surface area contributed by atoms with Crippen LogP contribution in [0.2, 0.25) is 0 Å². The van der Waals surface area contributed by atoms with Crippen molar-refractivity contribution in [1.29, 1.82) is 0 Å². The van der Waals surface area contributed by atoms with Gasteiger partial charge in [0.2, 0.25) is 5.91 Å². The Bertz CT molecular complexity index is 314. The number of amides is 1. The van der Waals surface area contributed by atoms with Crippen molar-refractivity contribution in [2.75, 3.05) is 12.3 Å². The first-order valence-electron chi connectivity index (χ1n) is 4.79. The van der Waals surface area contributed by atoms with E-state index in [4.69, 9.17) is 0 Å². The minimum atomic E-state index is 0.0982. The van der Waals surface area contributed by atoms with Gasteiger partial charge in [0.25, 0.3) is 0 Å². The lowest BCUT2D eigenvalue weighted by Crippen LogP contribution is -2.22. The Morgan fingerprint density at radius 1 is 1.60 bits per heavy atom. The van der Waals surface area contributed by atoms with Gasteiger partial charge >= 0.3 is 0 Å². The maximum Gasteiger partial charge on any atom is 0.220 e. The molecule has 1 aromatic rings. The molecule has 1 amide bonds. The van der Waals surface area contributed by atoms with Crippen molar-refractivity contribution in [3.8, 4) is 0 Å². The average Bonchev–Trinajstić information content (AvgIpc) is 2.60. The van der Waals surface area contributed by atoms with E-state index in [0.717, 1.165) is 17.3 Å². The maximum absolute atomic E-state index is 11.1. The molecule has 7 heteroatoms. The first-order valence-corrected chi connectivity index (χ1v) is 5.95. The molecule has 0 aliphatic carbocycles. The fourth-order valence-electron chi connectivity index (χ4n) is 0.984. The molecule has 0 aliphatic heterocycles. The highest BCUT2D eigenvalue weighted by atomic mass is 32.2. The second-order valence-electron chi connectivity index (χ2n) is 2.97. The van der Waals surface area contributed by atoms with Crippen LogP contribution in [0.4, 0.5) is 0 Å². The normalized spacial score (nSPS) is 10.3.